The molecule has 2 N–H and O–H groups in total. The number of ketones is 2. The van der Waals surface area contributed by atoms with Crippen molar-refractivity contribution in [3.8, 4) is 0 Å². The molecule has 0 bridgehead atoms. The highest BCUT2D eigenvalue weighted by Gasteiger charge is 2.30. The summed E-state index contributed by atoms with van der Waals surface area (Å²) in [6.07, 6.45) is -8.11. The fraction of sp³-hybridized carbons (Fsp3) is 0.333. The van der Waals surface area contributed by atoms with Crippen LogP contribution < -0.4 is 11.3 Å². The molecule has 1 fully saturated rings. The molecule has 1 saturated carbocycles. The van der Waals surface area contributed by atoms with Crippen LogP contribution in [0.2, 0.25) is 0 Å². The molecule has 108 valence electrons. The van der Waals surface area contributed by atoms with Crippen LogP contribution in [-0.4, -0.2) is 21.1 Å². The molecule has 0 aliphatic heterocycles. The minimum Gasteiger partial charge on any atom is -0.398 e. The van der Waals surface area contributed by atoms with Crippen LogP contribution >= 0.6 is 0 Å². The molecule has 1 atom stereocenters. The Morgan fingerprint density at radius 3 is 3.14 bits per heavy atom. The van der Waals surface area contributed by atoms with Gasteiger partial charge in [-0.05, 0) is 25.4 Å². The Morgan fingerprint density at radius 2 is 2.38 bits per heavy atom. The summed E-state index contributed by atoms with van der Waals surface area (Å²) in [5.41, 5.74) is 3.54. The molecule has 2 aromatic rings. The van der Waals surface area contributed by atoms with Crippen LogP contribution in [-0.2, 0) is 9.59 Å². The molecule has 1 aliphatic rings. The van der Waals surface area contributed by atoms with Gasteiger partial charge < -0.3 is 5.73 Å². The molecule has 0 radical (unpaired) electrons. The maximum absolute atomic E-state index is 13.3. The van der Waals surface area contributed by atoms with Crippen molar-refractivity contribution in [1.82, 2.24) is 9.55 Å². The van der Waals surface area contributed by atoms with Crippen molar-refractivity contribution >= 4 is 28.2 Å². The largest absolute Gasteiger partial charge is 0.398 e. The predicted molar refractivity (Wildman–Crippen MR) is 78.1 cm³/mol. The zero-order valence-electron chi connectivity index (χ0n) is 19.6. The van der Waals surface area contributed by atoms with Crippen LogP contribution in [0.1, 0.15) is 43.3 Å². The number of hydrogen-bond donors (Lipinski definition) is 1. The predicted octanol–water partition coefficient (Wildman–Crippen LogP) is 1.15. The number of hydrogen-bond acceptors (Lipinski definition) is 5. The summed E-state index contributed by atoms with van der Waals surface area (Å²) < 4.78 is 71.4. The number of aryl methyl sites for hydroxylation is 1. The van der Waals surface area contributed by atoms with Crippen molar-refractivity contribution in [2.24, 2.45) is 0 Å². The lowest BCUT2D eigenvalue weighted by Crippen LogP contribution is -2.36. The normalized spacial score (nSPS) is 33.9. The third-order valence-electron chi connectivity index (χ3n) is 2.95. The van der Waals surface area contributed by atoms with Gasteiger partial charge in [-0.25, -0.2) is 4.98 Å². The molecule has 3 rings (SSSR count). The summed E-state index contributed by atoms with van der Waals surface area (Å²) in [4.78, 5) is 41.7. The van der Waals surface area contributed by atoms with E-state index in [1.54, 1.807) is 0 Å². The fourth-order valence-electron chi connectivity index (χ4n) is 2.01. The minimum atomic E-state index is -3.58. The van der Waals surface area contributed by atoms with Gasteiger partial charge in [-0.3, -0.25) is 19.0 Å². The van der Waals surface area contributed by atoms with Gasteiger partial charge in [-0.15, -0.1) is 0 Å². The average Bonchev–Trinajstić information content (AvgIpc) is 2.63. The molecule has 1 heterocycles. The number of nitrogens with two attached hydrogens (primary N) is 1. The summed E-state index contributed by atoms with van der Waals surface area (Å²) in [7, 11) is 0. The number of carbonyl (C=O) groups excluding carboxylic acids is 2. The van der Waals surface area contributed by atoms with E-state index < -0.39 is 78.0 Å². The fourth-order valence-corrected chi connectivity index (χ4v) is 2.01. The molecule has 6 heteroatoms. The van der Waals surface area contributed by atoms with E-state index in [9.17, 15) is 14.4 Å². The standard InChI is InChI=1S/C15H15N3O3/c1-8-17-11-4-2-3-10(16)14(11)15(21)18(8)12-6-5-9(19)7-13(12)20/h2-4,12H,5-7,16H2,1H3/i1D2,2D,4D,5D2,6D2,12D. The number of fused-ring (bicyclic) bond motifs is 1. The van der Waals surface area contributed by atoms with Gasteiger partial charge in [-0.1, -0.05) is 6.04 Å². The second-order valence-electron chi connectivity index (χ2n) is 4.32. The monoisotopic (exact) mass is 294 g/mol. The van der Waals surface area contributed by atoms with E-state index in [2.05, 4.69) is 4.98 Å². The van der Waals surface area contributed by atoms with Crippen LogP contribution in [0.15, 0.2) is 22.9 Å². The van der Waals surface area contributed by atoms with Gasteiger partial charge in [-0.2, -0.15) is 0 Å². The summed E-state index contributed by atoms with van der Waals surface area (Å²) in [6, 6.07) is -3.44. The Bertz CT molecular complexity index is 1180. The summed E-state index contributed by atoms with van der Waals surface area (Å²) in [5, 5.41) is -0.548. The SMILES string of the molecule is [2H]c1cc(N)c2c(=O)n(C3([2H])C(=O)CC(=O)C([2H])([2H])C3([2H])[2H])c(C([2H])[2H])nc2c1[2H]. The first-order valence-corrected chi connectivity index (χ1v) is 5.84. The van der Waals surface area contributed by atoms with Crippen molar-refractivity contribution in [2.75, 3.05) is 5.73 Å². The Balaban J connectivity index is 2.56. The molecule has 21 heavy (non-hydrogen) atoms. The zero-order chi connectivity index (χ0) is 23.0. The number of nitrogen functional groups attached to an aromatic ring is 1. The summed E-state index contributed by atoms with van der Waals surface area (Å²) >= 11 is 0. The quantitative estimate of drug-likeness (QED) is 0.629. The number of rotatable bonds is 1. The molecular formula is C15H15N3O3. The molecule has 0 amide bonds. The zero-order valence-corrected chi connectivity index (χ0v) is 10.6. The molecular weight excluding hydrogens is 270 g/mol. The van der Waals surface area contributed by atoms with E-state index >= 15 is 0 Å². The van der Waals surface area contributed by atoms with E-state index in [0.29, 0.717) is 0 Å². The lowest BCUT2D eigenvalue weighted by molar-refractivity contribution is -0.132. The molecule has 0 spiro atoms. The van der Waals surface area contributed by atoms with Crippen LogP contribution in [0.5, 0.6) is 0 Å². The van der Waals surface area contributed by atoms with Gasteiger partial charge in [0.2, 0.25) is 0 Å². The Kier molecular flexibility index (Phi) is 1.49. The number of anilines is 1. The van der Waals surface area contributed by atoms with E-state index in [1.807, 2.05) is 0 Å². The van der Waals surface area contributed by atoms with Crippen molar-refractivity contribution < 1.29 is 21.9 Å². The van der Waals surface area contributed by atoms with Crippen LogP contribution in [0.4, 0.5) is 5.69 Å². The number of aromatic nitrogens is 2. The van der Waals surface area contributed by atoms with E-state index in [-0.39, 0.29) is 10.3 Å². The Hall–Kier alpha value is -2.50. The molecule has 6 nitrogen and oxygen atoms in total. The van der Waals surface area contributed by atoms with Gasteiger partial charge in [0.15, 0.2) is 5.78 Å². The van der Waals surface area contributed by atoms with Crippen molar-refractivity contribution in [3.05, 3.63) is 34.3 Å². The van der Waals surface area contributed by atoms with Crippen LogP contribution in [0.3, 0.4) is 0 Å². The van der Waals surface area contributed by atoms with Crippen molar-refractivity contribution in [3.63, 3.8) is 0 Å². The average molecular weight is 294 g/mol. The lowest BCUT2D eigenvalue weighted by atomic mass is 9.92. The molecule has 1 aliphatic carbocycles. The van der Waals surface area contributed by atoms with Gasteiger partial charge in [0.1, 0.15) is 11.6 Å². The van der Waals surface area contributed by atoms with Gasteiger partial charge in [0.05, 0.1) is 27.5 Å². The molecule has 1 unspecified atom stereocenters. The first-order chi connectivity index (χ1) is 13.6. The first kappa shape index (κ1) is 6.51. The molecule has 0 saturated heterocycles. The minimum absolute atomic E-state index is 0.0754. The van der Waals surface area contributed by atoms with E-state index in [0.717, 1.165) is 6.07 Å². The van der Waals surface area contributed by atoms with Crippen LogP contribution in [0.25, 0.3) is 10.9 Å². The number of carbonyl (C=O) groups is 2. The lowest BCUT2D eigenvalue weighted by Gasteiger charge is -2.24. The second kappa shape index (κ2) is 4.80. The summed E-state index contributed by atoms with van der Waals surface area (Å²) in [6.45, 7) is -2.16. The molecule has 1 aromatic heterocycles. The third-order valence-corrected chi connectivity index (χ3v) is 2.95. The highest BCUT2D eigenvalue weighted by atomic mass is 16.2. The third kappa shape index (κ3) is 2.12. The van der Waals surface area contributed by atoms with Crippen molar-refractivity contribution in [1.29, 1.82) is 0 Å². The van der Waals surface area contributed by atoms with E-state index in [4.69, 9.17) is 18.1 Å². The molecule has 1 aromatic carbocycles. The van der Waals surface area contributed by atoms with Gasteiger partial charge in [0.25, 0.3) is 5.56 Å². The van der Waals surface area contributed by atoms with E-state index in [1.165, 1.54) is 0 Å². The number of benzene rings is 1. The Morgan fingerprint density at radius 1 is 1.57 bits per heavy atom. The van der Waals surface area contributed by atoms with Crippen LogP contribution in [0, 0.1) is 6.88 Å². The highest BCUT2D eigenvalue weighted by Crippen LogP contribution is 2.24. The maximum Gasteiger partial charge on any atom is 0.264 e. The second-order valence-corrected chi connectivity index (χ2v) is 4.32. The highest BCUT2D eigenvalue weighted by molar-refractivity contribution is 6.03. The topological polar surface area (TPSA) is 95.0 Å². The van der Waals surface area contributed by atoms with Gasteiger partial charge in [0, 0.05) is 20.3 Å². The number of Topliss-reactive ketones (excluding diaryl/α,β-unsaturated/α-hetero) is 2. The number of nitrogens with zero attached hydrogens (tertiary/aromatic N) is 2. The first-order valence-electron chi connectivity index (χ1n) is 10.5. The smallest absolute Gasteiger partial charge is 0.264 e. The van der Waals surface area contributed by atoms with Crippen molar-refractivity contribution in [2.45, 2.75) is 32.1 Å². The van der Waals surface area contributed by atoms with Gasteiger partial charge >= 0.3 is 0 Å². The maximum atomic E-state index is 13.3. The Labute approximate surface area is 133 Å². The summed E-state index contributed by atoms with van der Waals surface area (Å²) in [5.74, 6) is -3.80.